The first-order valence-electron chi connectivity index (χ1n) is 6.76. The fraction of sp³-hybridized carbons (Fsp3) is 0.462. The molecule has 2 heterocycles. The number of benzene rings is 1. The van der Waals surface area contributed by atoms with Crippen LogP contribution in [-0.4, -0.2) is 37.8 Å². The van der Waals surface area contributed by atoms with E-state index in [2.05, 4.69) is 5.32 Å². The molecular weight excluding hydrogens is 297 g/mol. The fourth-order valence-electron chi connectivity index (χ4n) is 3.05. The monoisotopic (exact) mass is 313 g/mol. The highest BCUT2D eigenvalue weighted by atomic mass is 32.2. The van der Waals surface area contributed by atoms with Gasteiger partial charge in [-0.05, 0) is 31.0 Å². The van der Waals surface area contributed by atoms with Crippen LogP contribution < -0.4 is 11.1 Å². The number of sulfonamides is 1. The van der Waals surface area contributed by atoms with E-state index in [1.807, 2.05) is 0 Å². The van der Waals surface area contributed by atoms with E-state index < -0.39 is 26.8 Å². The molecule has 3 N–H and O–H groups in total. The predicted molar refractivity (Wildman–Crippen MR) is 74.2 cm³/mol. The Labute approximate surface area is 122 Å². The summed E-state index contributed by atoms with van der Waals surface area (Å²) < 4.78 is 40.5. The summed E-state index contributed by atoms with van der Waals surface area (Å²) in [5.41, 5.74) is 5.75. The second kappa shape index (κ2) is 4.96. The molecule has 0 bridgehead atoms. The molecule has 114 valence electrons. The molecular formula is C13H16FN3O3S. The molecule has 0 aliphatic carbocycles. The van der Waals surface area contributed by atoms with E-state index in [0.717, 1.165) is 12.1 Å². The Bertz CT molecular complexity index is 692. The molecule has 2 atom stereocenters. The smallest absolute Gasteiger partial charge is 0.246 e. The van der Waals surface area contributed by atoms with Crippen molar-refractivity contribution in [1.82, 2.24) is 9.62 Å². The number of carbonyl (C=O) groups excluding carboxylic acids is 1. The number of nitrogens with two attached hydrogens (primary N) is 1. The quantitative estimate of drug-likeness (QED) is 0.769. The Morgan fingerprint density at radius 1 is 1.38 bits per heavy atom. The van der Waals surface area contributed by atoms with E-state index in [1.165, 1.54) is 10.4 Å². The van der Waals surface area contributed by atoms with Gasteiger partial charge in [-0.2, -0.15) is 4.31 Å². The third-order valence-corrected chi connectivity index (χ3v) is 6.03. The van der Waals surface area contributed by atoms with Gasteiger partial charge in [0.25, 0.3) is 0 Å². The van der Waals surface area contributed by atoms with Crippen LogP contribution in [0.5, 0.6) is 0 Å². The van der Waals surface area contributed by atoms with E-state index in [9.17, 15) is 17.6 Å². The standard InChI is InChI=1S/C13H16FN3O3S/c14-10-4-3-8(15)6-12(10)21(19,20)17-5-1-2-9-11(17)7-16-13(9)18/h3-4,6,9,11H,1-2,5,7,15H2,(H,16,18). The van der Waals surface area contributed by atoms with E-state index in [1.54, 1.807) is 0 Å². The van der Waals surface area contributed by atoms with E-state index in [4.69, 9.17) is 5.73 Å². The number of carbonyl (C=O) groups is 1. The Balaban J connectivity index is 2.01. The molecule has 1 aromatic rings. The topological polar surface area (TPSA) is 92.5 Å². The first kappa shape index (κ1) is 14.3. The van der Waals surface area contributed by atoms with Gasteiger partial charge >= 0.3 is 0 Å². The average Bonchev–Trinajstić information content (AvgIpc) is 2.83. The molecule has 0 spiro atoms. The van der Waals surface area contributed by atoms with Crippen molar-refractivity contribution >= 4 is 21.6 Å². The molecule has 2 saturated heterocycles. The van der Waals surface area contributed by atoms with E-state index >= 15 is 0 Å². The summed E-state index contributed by atoms with van der Waals surface area (Å²) in [6, 6.07) is 3.03. The molecule has 2 aliphatic heterocycles. The van der Waals surface area contributed by atoms with Crippen LogP contribution in [0.2, 0.25) is 0 Å². The summed E-state index contributed by atoms with van der Waals surface area (Å²) in [4.78, 5) is 11.3. The minimum Gasteiger partial charge on any atom is -0.399 e. The number of amides is 1. The Kier molecular flexibility index (Phi) is 3.37. The van der Waals surface area contributed by atoms with Crippen LogP contribution in [0.25, 0.3) is 0 Å². The summed E-state index contributed by atoms with van der Waals surface area (Å²) in [6.07, 6.45) is 1.24. The molecule has 2 aliphatic rings. The van der Waals surface area contributed by atoms with Crippen LogP contribution in [0.3, 0.4) is 0 Å². The van der Waals surface area contributed by atoms with Crippen molar-refractivity contribution in [2.45, 2.75) is 23.8 Å². The highest BCUT2D eigenvalue weighted by Crippen LogP contribution is 2.33. The summed E-state index contributed by atoms with van der Waals surface area (Å²) in [5.74, 6) is -1.31. The predicted octanol–water partition coefficient (Wildman–Crippen LogP) is 0.307. The summed E-state index contributed by atoms with van der Waals surface area (Å²) in [7, 11) is -4.01. The fourth-order valence-corrected chi connectivity index (χ4v) is 4.85. The zero-order valence-electron chi connectivity index (χ0n) is 11.3. The molecule has 0 saturated carbocycles. The van der Waals surface area contributed by atoms with Crippen LogP contribution in [0.1, 0.15) is 12.8 Å². The van der Waals surface area contributed by atoms with Crippen LogP contribution in [0, 0.1) is 11.7 Å². The summed E-state index contributed by atoms with van der Waals surface area (Å²) in [5, 5.41) is 2.68. The number of fused-ring (bicyclic) bond motifs is 1. The molecule has 1 aromatic carbocycles. The maximum Gasteiger partial charge on any atom is 0.246 e. The SMILES string of the molecule is Nc1ccc(F)c(S(=O)(=O)N2CCCC3C(=O)NCC32)c1. The number of piperidine rings is 1. The lowest BCUT2D eigenvalue weighted by molar-refractivity contribution is -0.123. The van der Waals surface area contributed by atoms with Gasteiger partial charge in [0, 0.05) is 18.8 Å². The Morgan fingerprint density at radius 3 is 2.90 bits per heavy atom. The second-order valence-electron chi connectivity index (χ2n) is 5.37. The number of hydrogen-bond acceptors (Lipinski definition) is 4. The van der Waals surface area contributed by atoms with Gasteiger partial charge in [0.1, 0.15) is 10.7 Å². The first-order valence-corrected chi connectivity index (χ1v) is 8.20. The molecule has 0 aromatic heterocycles. The zero-order valence-corrected chi connectivity index (χ0v) is 12.1. The van der Waals surface area contributed by atoms with Gasteiger partial charge < -0.3 is 11.1 Å². The van der Waals surface area contributed by atoms with Crippen molar-refractivity contribution in [1.29, 1.82) is 0 Å². The van der Waals surface area contributed by atoms with Crippen LogP contribution in [-0.2, 0) is 14.8 Å². The van der Waals surface area contributed by atoms with Crippen LogP contribution in [0.15, 0.2) is 23.1 Å². The van der Waals surface area contributed by atoms with Gasteiger partial charge in [-0.3, -0.25) is 4.79 Å². The lowest BCUT2D eigenvalue weighted by atomic mass is 9.93. The highest BCUT2D eigenvalue weighted by Gasteiger charge is 2.46. The maximum absolute atomic E-state index is 13.9. The van der Waals surface area contributed by atoms with Crippen molar-refractivity contribution < 1.29 is 17.6 Å². The van der Waals surface area contributed by atoms with Crippen molar-refractivity contribution in [3.8, 4) is 0 Å². The molecule has 3 rings (SSSR count). The van der Waals surface area contributed by atoms with Gasteiger partial charge in [-0.25, -0.2) is 12.8 Å². The van der Waals surface area contributed by atoms with Gasteiger partial charge in [-0.15, -0.1) is 0 Å². The number of hydrogen-bond donors (Lipinski definition) is 2. The summed E-state index contributed by atoms with van der Waals surface area (Å²) >= 11 is 0. The highest BCUT2D eigenvalue weighted by molar-refractivity contribution is 7.89. The largest absolute Gasteiger partial charge is 0.399 e. The average molecular weight is 313 g/mol. The zero-order chi connectivity index (χ0) is 15.2. The van der Waals surface area contributed by atoms with Gasteiger partial charge in [0.15, 0.2) is 0 Å². The molecule has 1 amide bonds. The Morgan fingerprint density at radius 2 is 2.14 bits per heavy atom. The molecule has 6 nitrogen and oxygen atoms in total. The summed E-state index contributed by atoms with van der Waals surface area (Å²) in [6.45, 7) is 0.555. The number of nitrogens with one attached hydrogen (secondary N) is 1. The second-order valence-corrected chi connectivity index (χ2v) is 7.23. The Hall–Kier alpha value is -1.67. The molecule has 2 unspecified atom stereocenters. The third-order valence-electron chi connectivity index (χ3n) is 4.09. The van der Waals surface area contributed by atoms with Crippen molar-refractivity contribution in [3.63, 3.8) is 0 Å². The van der Waals surface area contributed by atoms with Gasteiger partial charge in [0.05, 0.1) is 12.0 Å². The molecule has 0 radical (unpaired) electrons. The normalized spacial score (nSPS) is 26.4. The van der Waals surface area contributed by atoms with Gasteiger partial charge in [0.2, 0.25) is 15.9 Å². The van der Waals surface area contributed by atoms with Crippen molar-refractivity contribution in [3.05, 3.63) is 24.0 Å². The maximum atomic E-state index is 13.9. The molecule has 8 heteroatoms. The number of nitrogens with zero attached hydrogens (tertiary/aromatic N) is 1. The lowest BCUT2D eigenvalue weighted by Crippen LogP contribution is -2.48. The van der Waals surface area contributed by atoms with E-state index in [-0.39, 0.29) is 30.6 Å². The number of halogens is 1. The third kappa shape index (κ3) is 2.28. The molecule has 2 fully saturated rings. The number of rotatable bonds is 2. The number of nitrogen functional groups attached to an aromatic ring is 1. The first-order chi connectivity index (χ1) is 9.91. The number of anilines is 1. The van der Waals surface area contributed by atoms with Crippen molar-refractivity contribution in [2.75, 3.05) is 18.8 Å². The van der Waals surface area contributed by atoms with E-state index in [0.29, 0.717) is 12.8 Å². The minimum absolute atomic E-state index is 0.132. The van der Waals surface area contributed by atoms with Crippen LogP contribution in [0.4, 0.5) is 10.1 Å². The van der Waals surface area contributed by atoms with Crippen molar-refractivity contribution in [2.24, 2.45) is 5.92 Å². The molecule has 21 heavy (non-hydrogen) atoms. The minimum atomic E-state index is -4.01. The lowest BCUT2D eigenvalue weighted by Gasteiger charge is -2.34. The van der Waals surface area contributed by atoms with Crippen LogP contribution >= 0.6 is 0 Å². The van der Waals surface area contributed by atoms with Gasteiger partial charge in [-0.1, -0.05) is 0 Å².